The van der Waals surface area contributed by atoms with Crippen molar-refractivity contribution in [3.05, 3.63) is 59.7 Å². The average molecular weight is 437 g/mol. The Bertz CT molecular complexity index is 991. The van der Waals surface area contributed by atoms with Crippen LogP contribution in [-0.2, 0) is 14.3 Å². The third kappa shape index (κ3) is 4.07. The molecule has 2 aromatic rings. The van der Waals surface area contributed by atoms with E-state index in [9.17, 15) is 19.5 Å². The summed E-state index contributed by atoms with van der Waals surface area (Å²) in [5.41, 5.74) is 4.60. The molecule has 1 saturated carbocycles. The van der Waals surface area contributed by atoms with Crippen molar-refractivity contribution in [2.75, 3.05) is 13.7 Å². The van der Waals surface area contributed by atoms with Gasteiger partial charge in [-0.3, -0.25) is 4.79 Å². The van der Waals surface area contributed by atoms with E-state index in [1.165, 1.54) is 18.9 Å². The SMILES string of the molecule is CC(C(=O)O)N(C)C(=O)[C@@H]1CCC[C@@H]1NC(=O)OCC1c2ccccc2-c2ccccc21. The van der Waals surface area contributed by atoms with Crippen molar-refractivity contribution in [2.45, 2.75) is 44.2 Å². The molecular formula is C25H28N2O5. The number of nitrogens with one attached hydrogen (secondary N) is 1. The Morgan fingerprint density at radius 1 is 1.06 bits per heavy atom. The minimum absolute atomic E-state index is 0.0308. The van der Waals surface area contributed by atoms with Crippen LogP contribution in [0.5, 0.6) is 0 Å². The number of carboxylic acid groups (broad SMARTS) is 1. The molecule has 0 aliphatic heterocycles. The van der Waals surface area contributed by atoms with Crippen molar-refractivity contribution in [3.63, 3.8) is 0 Å². The number of aliphatic carboxylic acids is 1. The Kier molecular flexibility index (Phi) is 6.17. The molecule has 3 atom stereocenters. The zero-order valence-corrected chi connectivity index (χ0v) is 18.3. The highest BCUT2D eigenvalue weighted by Crippen LogP contribution is 2.44. The van der Waals surface area contributed by atoms with Gasteiger partial charge in [0, 0.05) is 19.0 Å². The standard InChI is InChI=1S/C25H28N2O5/c1-15(24(29)30)27(2)23(28)20-12-7-13-22(20)26-25(31)32-14-21-18-10-5-3-8-16(18)17-9-4-6-11-19(17)21/h3-6,8-11,15,20-22H,7,12-14H2,1-2H3,(H,26,31)(H,29,30)/t15?,20-,22+/m1/s1. The number of ether oxygens (including phenoxy) is 1. The highest BCUT2D eigenvalue weighted by Gasteiger charge is 2.38. The van der Waals surface area contributed by atoms with Crippen LogP contribution < -0.4 is 5.32 Å². The summed E-state index contributed by atoms with van der Waals surface area (Å²) in [5.74, 6) is -1.79. The van der Waals surface area contributed by atoms with Crippen LogP contribution in [-0.4, -0.2) is 53.7 Å². The van der Waals surface area contributed by atoms with Gasteiger partial charge in [-0.05, 0) is 42.0 Å². The van der Waals surface area contributed by atoms with E-state index in [1.807, 2.05) is 24.3 Å². The molecule has 7 nitrogen and oxygen atoms in total. The van der Waals surface area contributed by atoms with Gasteiger partial charge in [-0.15, -0.1) is 0 Å². The summed E-state index contributed by atoms with van der Waals surface area (Å²) >= 11 is 0. The first kappa shape index (κ1) is 21.9. The molecule has 0 bridgehead atoms. The van der Waals surface area contributed by atoms with E-state index in [4.69, 9.17) is 4.74 Å². The van der Waals surface area contributed by atoms with Crippen LogP contribution in [0.1, 0.15) is 43.2 Å². The van der Waals surface area contributed by atoms with E-state index in [0.29, 0.717) is 12.8 Å². The fourth-order valence-electron chi connectivity index (χ4n) is 4.84. The van der Waals surface area contributed by atoms with Gasteiger partial charge in [0.25, 0.3) is 0 Å². The Balaban J connectivity index is 1.39. The van der Waals surface area contributed by atoms with Gasteiger partial charge in [0.1, 0.15) is 12.6 Å². The number of fused-ring (bicyclic) bond motifs is 3. The Morgan fingerprint density at radius 3 is 2.25 bits per heavy atom. The van der Waals surface area contributed by atoms with Crippen molar-refractivity contribution >= 4 is 18.0 Å². The van der Waals surface area contributed by atoms with E-state index in [1.54, 1.807) is 0 Å². The van der Waals surface area contributed by atoms with Gasteiger partial charge in [0.2, 0.25) is 5.91 Å². The lowest BCUT2D eigenvalue weighted by molar-refractivity contribution is -0.150. The summed E-state index contributed by atoms with van der Waals surface area (Å²) in [6, 6.07) is 15.0. The summed E-state index contributed by atoms with van der Waals surface area (Å²) in [6.45, 7) is 1.68. The van der Waals surface area contributed by atoms with Crippen LogP contribution in [0.15, 0.2) is 48.5 Å². The van der Waals surface area contributed by atoms with Gasteiger partial charge >= 0.3 is 12.1 Å². The number of carbonyl (C=O) groups is 3. The number of rotatable bonds is 6. The molecule has 2 amide bonds. The van der Waals surface area contributed by atoms with Gasteiger partial charge in [-0.1, -0.05) is 55.0 Å². The molecule has 0 heterocycles. The molecule has 2 aromatic carbocycles. The van der Waals surface area contributed by atoms with Crippen LogP contribution >= 0.6 is 0 Å². The quantitative estimate of drug-likeness (QED) is 0.721. The maximum atomic E-state index is 12.8. The molecule has 2 aliphatic carbocycles. The minimum atomic E-state index is -1.06. The predicted molar refractivity (Wildman–Crippen MR) is 119 cm³/mol. The van der Waals surface area contributed by atoms with Crippen LogP contribution in [0, 0.1) is 5.92 Å². The number of hydrogen-bond donors (Lipinski definition) is 2. The Labute approximate surface area is 187 Å². The van der Waals surface area contributed by atoms with E-state index in [2.05, 4.69) is 29.6 Å². The largest absolute Gasteiger partial charge is 0.480 e. The monoisotopic (exact) mass is 436 g/mol. The second kappa shape index (κ2) is 9.02. The number of likely N-dealkylation sites (N-methyl/N-ethyl adjacent to an activating group) is 1. The molecule has 4 rings (SSSR count). The molecule has 2 N–H and O–H groups in total. The third-order valence-corrected chi connectivity index (χ3v) is 6.77. The van der Waals surface area contributed by atoms with Crippen LogP contribution in [0.25, 0.3) is 11.1 Å². The molecule has 168 valence electrons. The fourth-order valence-corrected chi connectivity index (χ4v) is 4.84. The molecule has 0 spiro atoms. The third-order valence-electron chi connectivity index (χ3n) is 6.77. The molecule has 7 heteroatoms. The lowest BCUT2D eigenvalue weighted by Crippen LogP contribution is -2.48. The summed E-state index contributed by atoms with van der Waals surface area (Å²) in [7, 11) is 1.49. The number of hydrogen-bond acceptors (Lipinski definition) is 4. The first-order valence-corrected chi connectivity index (χ1v) is 11.0. The summed E-state index contributed by atoms with van der Waals surface area (Å²) in [6.07, 6.45) is 1.52. The first-order valence-electron chi connectivity index (χ1n) is 11.0. The molecule has 2 aliphatic rings. The highest BCUT2D eigenvalue weighted by molar-refractivity contribution is 5.86. The van der Waals surface area contributed by atoms with E-state index in [0.717, 1.165) is 28.7 Å². The number of carbonyl (C=O) groups excluding carboxylic acids is 2. The Hall–Kier alpha value is -3.35. The maximum Gasteiger partial charge on any atom is 0.407 e. The van der Waals surface area contributed by atoms with E-state index >= 15 is 0 Å². The van der Waals surface area contributed by atoms with Gasteiger partial charge in [-0.2, -0.15) is 0 Å². The Morgan fingerprint density at radius 2 is 1.66 bits per heavy atom. The molecule has 1 fully saturated rings. The van der Waals surface area contributed by atoms with Crippen LogP contribution in [0.4, 0.5) is 4.79 Å². The topological polar surface area (TPSA) is 95.9 Å². The summed E-state index contributed by atoms with van der Waals surface area (Å²) in [5, 5.41) is 12.0. The molecule has 0 radical (unpaired) electrons. The zero-order valence-electron chi connectivity index (χ0n) is 18.3. The zero-order chi connectivity index (χ0) is 22.8. The number of nitrogens with zero attached hydrogens (tertiary/aromatic N) is 1. The van der Waals surface area contributed by atoms with E-state index in [-0.39, 0.29) is 24.5 Å². The lowest BCUT2D eigenvalue weighted by Gasteiger charge is -2.28. The van der Waals surface area contributed by atoms with Crippen molar-refractivity contribution in [1.29, 1.82) is 0 Å². The molecule has 0 saturated heterocycles. The highest BCUT2D eigenvalue weighted by atomic mass is 16.5. The summed E-state index contributed by atoms with van der Waals surface area (Å²) in [4.78, 5) is 37.9. The fraction of sp³-hybridized carbons (Fsp3) is 0.400. The lowest BCUT2D eigenvalue weighted by atomic mass is 9.98. The van der Waals surface area contributed by atoms with Crippen LogP contribution in [0.2, 0.25) is 0 Å². The summed E-state index contributed by atoms with van der Waals surface area (Å²) < 4.78 is 5.61. The molecule has 1 unspecified atom stereocenters. The van der Waals surface area contributed by atoms with Gasteiger partial charge in [0.15, 0.2) is 0 Å². The second-order valence-electron chi connectivity index (χ2n) is 8.58. The number of carboxylic acids is 1. The van der Waals surface area contributed by atoms with Gasteiger partial charge in [0.05, 0.1) is 5.92 Å². The molecule has 0 aromatic heterocycles. The van der Waals surface area contributed by atoms with Gasteiger partial charge < -0.3 is 20.1 Å². The van der Waals surface area contributed by atoms with E-state index < -0.39 is 24.0 Å². The first-order chi connectivity index (χ1) is 15.4. The van der Waals surface area contributed by atoms with Crippen molar-refractivity contribution in [3.8, 4) is 11.1 Å². The van der Waals surface area contributed by atoms with Crippen molar-refractivity contribution in [2.24, 2.45) is 5.92 Å². The molecular weight excluding hydrogens is 408 g/mol. The van der Waals surface area contributed by atoms with Crippen LogP contribution in [0.3, 0.4) is 0 Å². The maximum absolute atomic E-state index is 12.8. The second-order valence-corrected chi connectivity index (χ2v) is 8.58. The van der Waals surface area contributed by atoms with Crippen molar-refractivity contribution in [1.82, 2.24) is 10.2 Å². The number of benzene rings is 2. The number of alkyl carbamates (subject to hydrolysis) is 1. The minimum Gasteiger partial charge on any atom is -0.480 e. The molecule has 32 heavy (non-hydrogen) atoms. The normalized spacial score (nSPS) is 20.2. The predicted octanol–water partition coefficient (Wildman–Crippen LogP) is 3.63. The van der Waals surface area contributed by atoms with Gasteiger partial charge in [-0.25, -0.2) is 9.59 Å². The average Bonchev–Trinajstić information content (AvgIpc) is 3.38. The van der Waals surface area contributed by atoms with Crippen molar-refractivity contribution < 1.29 is 24.2 Å². The smallest absolute Gasteiger partial charge is 0.407 e. The number of amides is 2.